The second-order valence-electron chi connectivity index (χ2n) is 7.27. The summed E-state index contributed by atoms with van der Waals surface area (Å²) >= 11 is 3.41. The molecule has 2 N–H and O–H groups in total. The van der Waals surface area contributed by atoms with E-state index in [0.717, 1.165) is 34.2 Å². The van der Waals surface area contributed by atoms with Crippen LogP contribution in [0.4, 0.5) is 10.5 Å². The minimum atomic E-state index is -0.808. The highest BCUT2D eigenvalue weighted by Crippen LogP contribution is 2.37. The fourth-order valence-electron chi connectivity index (χ4n) is 3.80. The Morgan fingerprint density at radius 3 is 2.65 bits per heavy atom. The number of benzene rings is 1. The molecule has 7 heteroatoms. The predicted octanol–water partition coefficient (Wildman–Crippen LogP) is 3.59. The number of imide groups is 1. The van der Waals surface area contributed by atoms with Gasteiger partial charge in [0.2, 0.25) is 5.91 Å². The van der Waals surface area contributed by atoms with Crippen molar-refractivity contribution in [3.8, 4) is 0 Å². The number of rotatable bonds is 4. The van der Waals surface area contributed by atoms with Crippen molar-refractivity contribution in [2.45, 2.75) is 51.5 Å². The van der Waals surface area contributed by atoms with Gasteiger partial charge in [0, 0.05) is 10.2 Å². The van der Waals surface area contributed by atoms with Crippen LogP contribution >= 0.6 is 15.9 Å². The van der Waals surface area contributed by atoms with Gasteiger partial charge in [0.25, 0.3) is 5.91 Å². The van der Waals surface area contributed by atoms with Crippen molar-refractivity contribution in [3.05, 3.63) is 28.2 Å². The van der Waals surface area contributed by atoms with Gasteiger partial charge in [-0.05, 0) is 62.3 Å². The zero-order valence-corrected chi connectivity index (χ0v) is 16.7. The third-order valence-corrected chi connectivity index (χ3v) is 6.42. The van der Waals surface area contributed by atoms with Gasteiger partial charge in [-0.2, -0.15) is 0 Å². The molecule has 0 aromatic heterocycles. The summed E-state index contributed by atoms with van der Waals surface area (Å²) in [6.07, 6.45) is 4.26. The van der Waals surface area contributed by atoms with Gasteiger partial charge < -0.3 is 10.6 Å². The van der Waals surface area contributed by atoms with Gasteiger partial charge in [-0.3, -0.25) is 14.5 Å². The van der Waals surface area contributed by atoms with Crippen molar-refractivity contribution < 1.29 is 14.4 Å². The van der Waals surface area contributed by atoms with Crippen LogP contribution in [0, 0.1) is 12.8 Å². The molecule has 140 valence electrons. The Morgan fingerprint density at radius 2 is 2.04 bits per heavy atom. The first-order valence-electron chi connectivity index (χ1n) is 9.05. The first-order chi connectivity index (χ1) is 12.3. The Morgan fingerprint density at radius 1 is 1.35 bits per heavy atom. The largest absolute Gasteiger partial charge is 0.325 e. The molecule has 1 spiro atoms. The maximum atomic E-state index is 12.8. The van der Waals surface area contributed by atoms with Gasteiger partial charge in [-0.25, -0.2) is 4.79 Å². The summed E-state index contributed by atoms with van der Waals surface area (Å²) in [6, 6.07) is 4.99. The predicted molar refractivity (Wildman–Crippen MR) is 103 cm³/mol. The van der Waals surface area contributed by atoms with Crippen LogP contribution < -0.4 is 10.6 Å². The minimum absolute atomic E-state index is 0.265. The Labute approximate surface area is 161 Å². The Kier molecular flexibility index (Phi) is 5.37. The lowest BCUT2D eigenvalue weighted by Gasteiger charge is -2.34. The van der Waals surface area contributed by atoms with Crippen molar-refractivity contribution in [2.24, 2.45) is 5.92 Å². The van der Waals surface area contributed by atoms with E-state index >= 15 is 0 Å². The molecule has 1 aromatic rings. The van der Waals surface area contributed by atoms with Gasteiger partial charge in [-0.15, -0.1) is 0 Å². The van der Waals surface area contributed by atoms with E-state index < -0.39 is 11.6 Å². The standard InChI is InChI=1S/C19H24BrN3O3/c1-3-13-6-8-19(9-7-13)17(25)23(18(26)22-19)11-16(24)21-14-4-5-15(20)12(2)10-14/h4-5,10,13H,3,6-9,11H2,1-2H3,(H,21,24)(H,22,26). The molecule has 0 bridgehead atoms. The van der Waals surface area contributed by atoms with Crippen LogP contribution in [0.25, 0.3) is 0 Å². The Hall–Kier alpha value is -1.89. The molecule has 1 saturated carbocycles. The number of urea groups is 1. The van der Waals surface area contributed by atoms with E-state index in [9.17, 15) is 14.4 Å². The zero-order chi connectivity index (χ0) is 18.9. The summed E-state index contributed by atoms with van der Waals surface area (Å²) in [7, 11) is 0. The quantitative estimate of drug-likeness (QED) is 0.728. The van der Waals surface area contributed by atoms with E-state index in [1.807, 2.05) is 19.1 Å². The molecule has 26 heavy (non-hydrogen) atoms. The summed E-state index contributed by atoms with van der Waals surface area (Å²) in [5.74, 6) is -0.0305. The third-order valence-electron chi connectivity index (χ3n) is 5.53. The average molecular weight is 422 g/mol. The van der Waals surface area contributed by atoms with Crippen molar-refractivity contribution in [2.75, 3.05) is 11.9 Å². The van der Waals surface area contributed by atoms with Crippen LogP contribution in [-0.4, -0.2) is 34.8 Å². The molecule has 1 saturated heterocycles. The maximum absolute atomic E-state index is 12.8. The minimum Gasteiger partial charge on any atom is -0.325 e. The summed E-state index contributed by atoms with van der Waals surface area (Å²) in [5, 5.41) is 5.60. The number of hydrogen-bond donors (Lipinski definition) is 2. The van der Waals surface area contributed by atoms with Crippen LogP contribution in [0.5, 0.6) is 0 Å². The second-order valence-corrected chi connectivity index (χ2v) is 8.12. The smallest absolute Gasteiger partial charge is 0.325 e. The summed E-state index contributed by atoms with van der Waals surface area (Å²) in [5.41, 5.74) is 0.822. The maximum Gasteiger partial charge on any atom is 0.325 e. The molecule has 2 fully saturated rings. The molecule has 0 unspecified atom stereocenters. The molecule has 1 heterocycles. The van der Waals surface area contributed by atoms with Crippen LogP contribution in [0.15, 0.2) is 22.7 Å². The van der Waals surface area contributed by atoms with Gasteiger partial charge in [-0.1, -0.05) is 29.3 Å². The Balaban J connectivity index is 1.64. The molecule has 1 aromatic carbocycles. The molecule has 1 aliphatic carbocycles. The number of amides is 4. The molecular formula is C19H24BrN3O3. The molecule has 4 amide bonds. The lowest BCUT2D eigenvalue weighted by molar-refractivity contribution is -0.135. The molecular weight excluding hydrogens is 398 g/mol. The Bertz CT molecular complexity index is 742. The molecule has 1 aliphatic heterocycles. The molecule has 2 aliphatic rings. The lowest BCUT2D eigenvalue weighted by Crippen LogP contribution is -2.49. The van der Waals surface area contributed by atoms with E-state index in [2.05, 4.69) is 33.5 Å². The van der Waals surface area contributed by atoms with Gasteiger partial charge in [0.1, 0.15) is 12.1 Å². The van der Waals surface area contributed by atoms with Gasteiger partial charge in [0.05, 0.1) is 0 Å². The number of anilines is 1. The van der Waals surface area contributed by atoms with Crippen LogP contribution in [0.3, 0.4) is 0 Å². The van der Waals surface area contributed by atoms with Crippen LogP contribution in [-0.2, 0) is 9.59 Å². The highest BCUT2D eigenvalue weighted by atomic mass is 79.9. The second kappa shape index (κ2) is 7.39. The number of carbonyl (C=O) groups is 3. The fourth-order valence-corrected chi connectivity index (χ4v) is 4.05. The van der Waals surface area contributed by atoms with Crippen molar-refractivity contribution in [1.29, 1.82) is 0 Å². The molecule has 3 rings (SSSR count). The summed E-state index contributed by atoms with van der Waals surface area (Å²) in [4.78, 5) is 38.5. The molecule has 6 nitrogen and oxygen atoms in total. The first kappa shape index (κ1) is 18.9. The highest BCUT2D eigenvalue weighted by Gasteiger charge is 2.52. The van der Waals surface area contributed by atoms with E-state index in [-0.39, 0.29) is 18.4 Å². The highest BCUT2D eigenvalue weighted by molar-refractivity contribution is 9.10. The normalized spacial score (nSPS) is 25.5. The number of nitrogens with one attached hydrogen (secondary N) is 2. The monoisotopic (exact) mass is 421 g/mol. The van der Waals surface area contributed by atoms with Gasteiger partial charge in [0.15, 0.2) is 0 Å². The van der Waals surface area contributed by atoms with Crippen LogP contribution in [0.1, 0.15) is 44.6 Å². The number of aryl methyl sites for hydroxylation is 1. The van der Waals surface area contributed by atoms with Crippen LogP contribution in [0.2, 0.25) is 0 Å². The molecule has 0 radical (unpaired) electrons. The number of nitrogens with zero attached hydrogens (tertiary/aromatic N) is 1. The van der Waals surface area contributed by atoms with Crippen molar-refractivity contribution >= 4 is 39.5 Å². The third kappa shape index (κ3) is 3.63. The summed E-state index contributed by atoms with van der Waals surface area (Å²) in [6.45, 7) is 3.81. The SMILES string of the molecule is CCC1CCC2(CC1)NC(=O)N(CC(=O)Nc1ccc(Br)c(C)c1)C2=O. The molecule has 0 atom stereocenters. The average Bonchev–Trinajstić information content (AvgIpc) is 2.83. The summed E-state index contributed by atoms with van der Waals surface area (Å²) < 4.78 is 0.953. The van der Waals surface area contributed by atoms with E-state index in [4.69, 9.17) is 0 Å². The van der Waals surface area contributed by atoms with E-state index in [1.54, 1.807) is 6.07 Å². The first-order valence-corrected chi connectivity index (χ1v) is 9.84. The van der Waals surface area contributed by atoms with Crippen molar-refractivity contribution in [3.63, 3.8) is 0 Å². The van der Waals surface area contributed by atoms with Crippen molar-refractivity contribution in [1.82, 2.24) is 10.2 Å². The topological polar surface area (TPSA) is 78.5 Å². The fraction of sp³-hybridized carbons (Fsp3) is 0.526. The number of carbonyl (C=O) groups excluding carboxylic acids is 3. The lowest BCUT2D eigenvalue weighted by atomic mass is 9.75. The van der Waals surface area contributed by atoms with E-state index in [1.165, 1.54) is 0 Å². The zero-order valence-electron chi connectivity index (χ0n) is 15.1. The number of halogens is 1. The van der Waals surface area contributed by atoms with Gasteiger partial charge >= 0.3 is 6.03 Å². The van der Waals surface area contributed by atoms with E-state index in [0.29, 0.717) is 24.4 Å². The number of hydrogen-bond acceptors (Lipinski definition) is 3.